The molecule has 1 aromatic carbocycles. The second kappa shape index (κ2) is 3.63. The summed E-state index contributed by atoms with van der Waals surface area (Å²) in [4.78, 5) is 5.52. The Morgan fingerprint density at radius 3 is 2.32 bits per heavy atom. The van der Waals surface area contributed by atoms with E-state index in [1.807, 2.05) is 19.1 Å². The average molecular weight is 261 g/mol. The first kappa shape index (κ1) is 11.1. The first-order valence-electron chi connectivity index (χ1n) is 6.36. The summed E-state index contributed by atoms with van der Waals surface area (Å²) in [5.74, 6) is 1.87. The van der Waals surface area contributed by atoms with Gasteiger partial charge in [0.15, 0.2) is 6.10 Å². The molecule has 19 heavy (non-hydrogen) atoms. The zero-order valence-corrected chi connectivity index (χ0v) is 11.0. The zero-order chi connectivity index (χ0) is 13.1. The lowest BCUT2D eigenvalue weighted by molar-refractivity contribution is -0.00664. The van der Waals surface area contributed by atoms with Crippen molar-refractivity contribution in [3.63, 3.8) is 0 Å². The van der Waals surface area contributed by atoms with E-state index >= 15 is 0 Å². The molecule has 0 amide bonds. The monoisotopic (exact) mass is 261 g/mol. The van der Waals surface area contributed by atoms with E-state index in [2.05, 4.69) is 5.16 Å². The molecular weight excluding hydrogens is 246 g/mol. The molecular formula is C14H15NO4. The Bertz CT molecular complexity index is 583. The molecule has 0 aromatic heterocycles. The largest absolute Gasteiger partial charge is 0.496 e. The maximum atomic E-state index is 6.10. The highest BCUT2D eigenvalue weighted by molar-refractivity contribution is 5.87. The van der Waals surface area contributed by atoms with E-state index in [0.29, 0.717) is 0 Å². The Labute approximate surface area is 111 Å². The molecule has 2 bridgehead atoms. The number of nitrogens with zero attached hydrogens (tertiary/aromatic N) is 1. The number of ether oxygens (including phenoxy) is 3. The fraction of sp³-hybridized carbons (Fsp3) is 0.500. The number of hydrogen-bond donors (Lipinski definition) is 0. The van der Waals surface area contributed by atoms with Gasteiger partial charge in [-0.15, -0.1) is 0 Å². The Hall–Kier alpha value is -1.75. The summed E-state index contributed by atoms with van der Waals surface area (Å²) in [7, 11) is 3.35. The van der Waals surface area contributed by atoms with E-state index in [1.54, 1.807) is 14.2 Å². The first-order chi connectivity index (χ1) is 9.26. The number of benzene rings is 1. The van der Waals surface area contributed by atoms with Crippen LogP contribution in [-0.2, 0) is 9.57 Å². The van der Waals surface area contributed by atoms with E-state index in [9.17, 15) is 0 Å². The molecule has 0 aliphatic carbocycles. The van der Waals surface area contributed by atoms with Crippen LogP contribution in [0.5, 0.6) is 11.5 Å². The van der Waals surface area contributed by atoms with Crippen LogP contribution in [0.25, 0.3) is 0 Å². The van der Waals surface area contributed by atoms with Gasteiger partial charge in [-0.1, -0.05) is 5.16 Å². The third kappa shape index (κ3) is 1.21. The van der Waals surface area contributed by atoms with Gasteiger partial charge in [0.2, 0.25) is 0 Å². The Morgan fingerprint density at radius 1 is 1.05 bits per heavy atom. The smallest absolute Gasteiger partial charge is 0.168 e. The van der Waals surface area contributed by atoms with Crippen LogP contribution < -0.4 is 9.47 Å². The highest BCUT2D eigenvalue weighted by Crippen LogP contribution is 2.61. The second-order valence-corrected chi connectivity index (χ2v) is 5.10. The molecule has 0 N–H and O–H groups in total. The molecule has 4 atom stereocenters. The van der Waals surface area contributed by atoms with Crippen LogP contribution in [0.15, 0.2) is 17.3 Å². The van der Waals surface area contributed by atoms with E-state index in [-0.39, 0.29) is 24.2 Å². The van der Waals surface area contributed by atoms with Crippen molar-refractivity contribution in [3.8, 4) is 11.5 Å². The van der Waals surface area contributed by atoms with Crippen molar-refractivity contribution in [2.45, 2.75) is 25.2 Å². The van der Waals surface area contributed by atoms with Gasteiger partial charge in [-0.05, 0) is 19.1 Å². The molecule has 0 saturated carbocycles. The highest BCUT2D eigenvalue weighted by Gasteiger charge is 2.59. The minimum atomic E-state index is -0.115. The predicted molar refractivity (Wildman–Crippen MR) is 67.6 cm³/mol. The van der Waals surface area contributed by atoms with Gasteiger partial charge in [-0.25, -0.2) is 0 Å². The van der Waals surface area contributed by atoms with Crippen molar-refractivity contribution in [2.24, 2.45) is 11.1 Å². The molecule has 3 aliphatic heterocycles. The standard InChI is InChI=1S/C14H15NO4/c1-6-9-12-10-7(16-2)4-5-8(17-3)11(10)13(18-12)14(9)19-15-6/h4-5,9,12-14H,1-3H3. The van der Waals surface area contributed by atoms with Crippen molar-refractivity contribution in [2.75, 3.05) is 14.2 Å². The third-order valence-electron chi connectivity index (χ3n) is 4.29. The number of fused-ring (bicyclic) bond motifs is 8. The van der Waals surface area contributed by atoms with Gasteiger partial charge in [0.1, 0.15) is 17.6 Å². The van der Waals surface area contributed by atoms with Gasteiger partial charge >= 0.3 is 0 Å². The highest BCUT2D eigenvalue weighted by atomic mass is 16.7. The van der Waals surface area contributed by atoms with Gasteiger partial charge in [-0.2, -0.15) is 0 Å². The molecule has 100 valence electrons. The quantitative estimate of drug-likeness (QED) is 0.819. The molecule has 3 aliphatic rings. The van der Waals surface area contributed by atoms with Crippen LogP contribution in [0.4, 0.5) is 0 Å². The molecule has 1 aromatic rings. The van der Waals surface area contributed by atoms with Crippen LogP contribution in [0.1, 0.15) is 30.3 Å². The number of methoxy groups -OCH3 is 2. The molecule has 4 unspecified atom stereocenters. The minimum absolute atomic E-state index is 0.0292. The number of hydrogen-bond acceptors (Lipinski definition) is 5. The van der Waals surface area contributed by atoms with Gasteiger partial charge in [0, 0.05) is 11.1 Å². The molecule has 5 heteroatoms. The summed E-state index contributed by atoms with van der Waals surface area (Å²) in [5, 5.41) is 4.11. The molecule has 0 radical (unpaired) electrons. The molecule has 5 nitrogen and oxygen atoms in total. The van der Waals surface area contributed by atoms with Crippen LogP contribution in [0, 0.1) is 5.92 Å². The van der Waals surface area contributed by atoms with Crippen LogP contribution in [0.3, 0.4) is 0 Å². The number of rotatable bonds is 2. The van der Waals surface area contributed by atoms with Gasteiger partial charge in [-0.3, -0.25) is 0 Å². The fourth-order valence-electron chi connectivity index (χ4n) is 3.48. The van der Waals surface area contributed by atoms with Crippen molar-refractivity contribution in [1.29, 1.82) is 0 Å². The Balaban J connectivity index is 1.91. The molecule has 1 fully saturated rings. The predicted octanol–water partition coefficient (Wildman–Crippen LogP) is 2.22. The third-order valence-corrected chi connectivity index (χ3v) is 4.29. The molecule has 0 spiro atoms. The van der Waals surface area contributed by atoms with Crippen molar-refractivity contribution < 1.29 is 19.0 Å². The van der Waals surface area contributed by atoms with Gasteiger partial charge < -0.3 is 19.0 Å². The van der Waals surface area contributed by atoms with Gasteiger partial charge in [0.25, 0.3) is 0 Å². The summed E-state index contributed by atoms with van der Waals surface area (Å²) in [6, 6.07) is 3.85. The fourth-order valence-corrected chi connectivity index (χ4v) is 3.48. The lowest BCUT2D eigenvalue weighted by Gasteiger charge is -2.24. The molecule has 3 heterocycles. The van der Waals surface area contributed by atoms with E-state index in [4.69, 9.17) is 19.0 Å². The van der Waals surface area contributed by atoms with Crippen molar-refractivity contribution >= 4 is 5.71 Å². The van der Waals surface area contributed by atoms with E-state index in [0.717, 1.165) is 28.3 Å². The summed E-state index contributed by atoms with van der Waals surface area (Å²) in [6.07, 6.45) is -0.184. The van der Waals surface area contributed by atoms with Crippen molar-refractivity contribution in [3.05, 3.63) is 23.3 Å². The van der Waals surface area contributed by atoms with Gasteiger partial charge in [0.05, 0.1) is 32.0 Å². The lowest BCUT2D eigenvalue weighted by atomic mass is 9.79. The molecule has 1 saturated heterocycles. The normalized spacial score (nSPS) is 33.5. The Kier molecular flexibility index (Phi) is 2.12. The minimum Gasteiger partial charge on any atom is -0.496 e. The molecule has 4 rings (SSSR count). The first-order valence-corrected chi connectivity index (χ1v) is 6.36. The van der Waals surface area contributed by atoms with Crippen LogP contribution in [0.2, 0.25) is 0 Å². The summed E-state index contributed by atoms with van der Waals surface area (Å²) < 4.78 is 17.0. The second-order valence-electron chi connectivity index (χ2n) is 5.10. The Morgan fingerprint density at radius 2 is 1.68 bits per heavy atom. The van der Waals surface area contributed by atoms with Crippen molar-refractivity contribution in [1.82, 2.24) is 0 Å². The van der Waals surface area contributed by atoms with Crippen LogP contribution in [-0.4, -0.2) is 26.0 Å². The van der Waals surface area contributed by atoms with E-state index < -0.39 is 0 Å². The van der Waals surface area contributed by atoms with Crippen LogP contribution >= 0.6 is 0 Å². The average Bonchev–Trinajstić information content (AvgIpc) is 3.09. The summed E-state index contributed by atoms with van der Waals surface area (Å²) in [6.45, 7) is 1.99. The summed E-state index contributed by atoms with van der Waals surface area (Å²) >= 11 is 0. The maximum absolute atomic E-state index is 6.10. The SMILES string of the molecule is COc1ccc(OC)c2c1C1OC2C2C(C)=NOC12. The zero-order valence-electron chi connectivity index (χ0n) is 11.0. The maximum Gasteiger partial charge on any atom is 0.168 e. The van der Waals surface area contributed by atoms with E-state index in [1.165, 1.54) is 0 Å². The number of oxime groups is 1. The topological polar surface area (TPSA) is 49.3 Å². The lowest BCUT2D eigenvalue weighted by Crippen LogP contribution is -2.28. The summed E-state index contributed by atoms with van der Waals surface area (Å²) in [5.41, 5.74) is 3.14.